The van der Waals surface area contributed by atoms with Crippen molar-refractivity contribution in [1.29, 1.82) is 0 Å². The predicted octanol–water partition coefficient (Wildman–Crippen LogP) is 4.15. The van der Waals surface area contributed by atoms with Crippen molar-refractivity contribution in [3.05, 3.63) is 58.1 Å². The molecular weight excluding hydrogens is 318 g/mol. The number of nitrogens with two attached hydrogens (primary N) is 1. The summed E-state index contributed by atoms with van der Waals surface area (Å²) in [5.41, 5.74) is 8.62. The van der Waals surface area contributed by atoms with Crippen molar-refractivity contribution in [1.82, 2.24) is 0 Å². The molecule has 0 aliphatic rings. The van der Waals surface area contributed by atoms with Gasteiger partial charge in [-0.3, -0.25) is 0 Å². The van der Waals surface area contributed by atoms with Gasteiger partial charge < -0.3 is 15.2 Å². The van der Waals surface area contributed by atoms with Crippen LogP contribution in [0.1, 0.15) is 18.1 Å². The number of halogens is 1. The number of benzene rings is 2. The highest BCUT2D eigenvalue weighted by atomic mass is 79.9. The van der Waals surface area contributed by atoms with Crippen LogP contribution in [0.5, 0.6) is 5.75 Å². The van der Waals surface area contributed by atoms with E-state index in [2.05, 4.69) is 15.9 Å². The Kier molecular flexibility index (Phi) is 5.44. The fraction of sp³-hybridized carbons (Fsp3) is 0.250. The fourth-order valence-corrected chi connectivity index (χ4v) is 2.29. The third-order valence-corrected chi connectivity index (χ3v) is 3.63. The van der Waals surface area contributed by atoms with E-state index in [0.717, 1.165) is 21.3 Å². The van der Waals surface area contributed by atoms with Crippen LogP contribution in [0.25, 0.3) is 0 Å². The second-order valence-electron chi connectivity index (χ2n) is 4.38. The number of nitrogen functional groups attached to an aromatic ring is 1. The topological polar surface area (TPSA) is 44.5 Å². The van der Waals surface area contributed by atoms with Gasteiger partial charge in [-0.1, -0.05) is 34.1 Å². The van der Waals surface area contributed by atoms with Gasteiger partial charge in [-0.15, -0.1) is 0 Å². The predicted molar refractivity (Wildman–Crippen MR) is 84.7 cm³/mol. The minimum Gasteiger partial charge on any atom is -0.494 e. The molecule has 0 fully saturated rings. The lowest BCUT2D eigenvalue weighted by Gasteiger charge is -2.12. The molecular formula is C16H18BrNO2. The number of anilines is 1. The summed E-state index contributed by atoms with van der Waals surface area (Å²) in [6.45, 7) is 3.60. The minimum atomic E-state index is 0.474. The number of hydrogen-bond acceptors (Lipinski definition) is 3. The van der Waals surface area contributed by atoms with Crippen LogP contribution >= 0.6 is 15.9 Å². The summed E-state index contributed by atoms with van der Waals surface area (Å²) in [6, 6.07) is 13.6. The zero-order valence-corrected chi connectivity index (χ0v) is 13.0. The van der Waals surface area contributed by atoms with E-state index in [9.17, 15) is 0 Å². The summed E-state index contributed by atoms with van der Waals surface area (Å²) in [6.07, 6.45) is 0. The van der Waals surface area contributed by atoms with Crippen molar-refractivity contribution in [2.24, 2.45) is 0 Å². The first-order valence-corrected chi connectivity index (χ1v) is 7.32. The molecule has 2 aromatic carbocycles. The molecule has 0 saturated heterocycles. The van der Waals surface area contributed by atoms with Crippen LogP contribution in [-0.2, 0) is 18.0 Å². The summed E-state index contributed by atoms with van der Waals surface area (Å²) in [5, 5.41) is 0. The smallest absolute Gasteiger partial charge is 0.124 e. The van der Waals surface area contributed by atoms with E-state index in [1.54, 1.807) is 0 Å². The second-order valence-corrected chi connectivity index (χ2v) is 5.24. The van der Waals surface area contributed by atoms with E-state index in [1.165, 1.54) is 0 Å². The standard InChI is InChI=1S/C16H18BrNO2/c1-2-20-16-8-7-14(18)9-13(16)11-19-10-12-5-3-4-6-15(12)17/h3-9H,2,10-11,18H2,1H3. The van der Waals surface area contributed by atoms with Gasteiger partial charge in [0.05, 0.1) is 19.8 Å². The van der Waals surface area contributed by atoms with Crippen LogP contribution in [0.2, 0.25) is 0 Å². The van der Waals surface area contributed by atoms with Crippen molar-refractivity contribution in [2.75, 3.05) is 12.3 Å². The number of rotatable bonds is 6. The molecule has 0 saturated carbocycles. The van der Waals surface area contributed by atoms with Crippen LogP contribution in [0.3, 0.4) is 0 Å². The normalized spacial score (nSPS) is 10.5. The Bertz CT molecular complexity index is 572. The third kappa shape index (κ3) is 3.99. The first-order valence-electron chi connectivity index (χ1n) is 6.53. The molecule has 0 radical (unpaired) electrons. The molecule has 0 heterocycles. The van der Waals surface area contributed by atoms with Gasteiger partial charge in [-0.05, 0) is 36.8 Å². The minimum absolute atomic E-state index is 0.474. The maximum atomic E-state index is 5.81. The summed E-state index contributed by atoms with van der Waals surface area (Å²) in [5.74, 6) is 0.828. The highest BCUT2D eigenvalue weighted by Gasteiger charge is 2.05. The Hall–Kier alpha value is -1.52. The molecule has 0 atom stereocenters. The third-order valence-electron chi connectivity index (χ3n) is 2.86. The van der Waals surface area contributed by atoms with Gasteiger partial charge in [0.1, 0.15) is 5.75 Å². The maximum Gasteiger partial charge on any atom is 0.124 e. The molecule has 2 aromatic rings. The molecule has 0 unspecified atom stereocenters. The van der Waals surface area contributed by atoms with Gasteiger partial charge in [-0.25, -0.2) is 0 Å². The van der Waals surface area contributed by atoms with E-state index in [0.29, 0.717) is 25.5 Å². The zero-order valence-electron chi connectivity index (χ0n) is 11.4. The van der Waals surface area contributed by atoms with Crippen LogP contribution in [0.15, 0.2) is 46.9 Å². The van der Waals surface area contributed by atoms with Crippen molar-refractivity contribution in [3.8, 4) is 5.75 Å². The summed E-state index contributed by atoms with van der Waals surface area (Å²) in [7, 11) is 0. The monoisotopic (exact) mass is 335 g/mol. The molecule has 0 aliphatic heterocycles. The van der Waals surface area contributed by atoms with Gasteiger partial charge in [0, 0.05) is 15.7 Å². The lowest BCUT2D eigenvalue weighted by Crippen LogP contribution is -2.01. The summed E-state index contributed by atoms with van der Waals surface area (Å²) >= 11 is 3.51. The molecule has 0 aliphatic carbocycles. The van der Waals surface area contributed by atoms with Crippen LogP contribution in [0.4, 0.5) is 5.69 Å². The van der Waals surface area contributed by atoms with Crippen LogP contribution in [0, 0.1) is 0 Å². The van der Waals surface area contributed by atoms with E-state index in [4.69, 9.17) is 15.2 Å². The highest BCUT2D eigenvalue weighted by Crippen LogP contribution is 2.23. The summed E-state index contributed by atoms with van der Waals surface area (Å²) in [4.78, 5) is 0. The van der Waals surface area contributed by atoms with Crippen molar-refractivity contribution in [2.45, 2.75) is 20.1 Å². The molecule has 20 heavy (non-hydrogen) atoms. The fourth-order valence-electron chi connectivity index (χ4n) is 1.89. The maximum absolute atomic E-state index is 5.81. The van der Waals surface area contributed by atoms with Gasteiger partial charge in [0.15, 0.2) is 0 Å². The molecule has 106 valence electrons. The number of ether oxygens (including phenoxy) is 2. The quantitative estimate of drug-likeness (QED) is 0.806. The van der Waals surface area contributed by atoms with Crippen LogP contribution in [-0.4, -0.2) is 6.61 Å². The van der Waals surface area contributed by atoms with Gasteiger partial charge in [0.25, 0.3) is 0 Å². The lowest BCUT2D eigenvalue weighted by atomic mass is 10.2. The van der Waals surface area contributed by atoms with Crippen LogP contribution < -0.4 is 10.5 Å². The average molecular weight is 336 g/mol. The Labute approximate surface area is 127 Å². The zero-order chi connectivity index (χ0) is 14.4. The Balaban J connectivity index is 2.00. The average Bonchev–Trinajstić information content (AvgIpc) is 2.44. The first-order chi connectivity index (χ1) is 9.70. The van der Waals surface area contributed by atoms with Crippen molar-refractivity contribution >= 4 is 21.6 Å². The molecule has 0 amide bonds. The first kappa shape index (κ1) is 14.9. The largest absolute Gasteiger partial charge is 0.494 e. The van der Waals surface area contributed by atoms with Crippen molar-refractivity contribution < 1.29 is 9.47 Å². The van der Waals surface area contributed by atoms with E-state index >= 15 is 0 Å². The Morgan fingerprint density at radius 3 is 2.55 bits per heavy atom. The number of hydrogen-bond donors (Lipinski definition) is 1. The van der Waals surface area contributed by atoms with Gasteiger partial charge in [0.2, 0.25) is 0 Å². The molecule has 0 aromatic heterocycles. The lowest BCUT2D eigenvalue weighted by molar-refractivity contribution is 0.104. The van der Waals surface area contributed by atoms with Crippen molar-refractivity contribution in [3.63, 3.8) is 0 Å². The molecule has 2 rings (SSSR count). The Morgan fingerprint density at radius 1 is 1.05 bits per heavy atom. The molecule has 4 heteroatoms. The Morgan fingerprint density at radius 2 is 1.80 bits per heavy atom. The molecule has 2 N–H and O–H groups in total. The van der Waals surface area contributed by atoms with E-state index in [1.807, 2.05) is 49.4 Å². The SMILES string of the molecule is CCOc1ccc(N)cc1COCc1ccccc1Br. The van der Waals surface area contributed by atoms with E-state index in [-0.39, 0.29) is 0 Å². The van der Waals surface area contributed by atoms with Gasteiger partial charge >= 0.3 is 0 Å². The van der Waals surface area contributed by atoms with E-state index < -0.39 is 0 Å². The molecule has 3 nitrogen and oxygen atoms in total. The molecule has 0 bridgehead atoms. The van der Waals surface area contributed by atoms with Gasteiger partial charge in [-0.2, -0.15) is 0 Å². The highest BCUT2D eigenvalue weighted by molar-refractivity contribution is 9.10. The second kappa shape index (κ2) is 7.31. The summed E-state index contributed by atoms with van der Waals surface area (Å²) < 4.78 is 12.4. The molecule has 0 spiro atoms.